The molecule has 0 spiro atoms. The number of esters is 1. The Balaban J connectivity index is 1.90. The molecule has 2 saturated carbocycles. The van der Waals surface area contributed by atoms with E-state index in [1.807, 2.05) is 67.6 Å². The number of ether oxygens (including phenoxy) is 1. The number of carbonyl (C=O) groups excluding carboxylic acids is 1. The van der Waals surface area contributed by atoms with Crippen molar-refractivity contribution >= 4 is 5.97 Å². The van der Waals surface area contributed by atoms with Gasteiger partial charge in [0.2, 0.25) is 0 Å². The Morgan fingerprint density at radius 3 is 2.10 bits per heavy atom. The fourth-order valence-electron chi connectivity index (χ4n) is 6.41. The van der Waals surface area contributed by atoms with Crippen molar-refractivity contribution in [2.75, 3.05) is 0 Å². The van der Waals surface area contributed by atoms with Crippen LogP contribution < -0.4 is 0 Å². The molecule has 30 heavy (non-hydrogen) atoms. The third kappa shape index (κ3) is 2.86. The van der Waals surface area contributed by atoms with Gasteiger partial charge in [0.1, 0.15) is 11.7 Å². The molecule has 0 unspecified atom stereocenters. The third-order valence-corrected chi connectivity index (χ3v) is 7.85. The molecular weight excluding hydrogens is 372 g/mol. The maximum atomic E-state index is 12.7. The van der Waals surface area contributed by atoms with Crippen LogP contribution in [-0.2, 0) is 15.1 Å². The van der Waals surface area contributed by atoms with Crippen LogP contribution in [0, 0.1) is 16.7 Å². The van der Waals surface area contributed by atoms with Gasteiger partial charge in [-0.3, -0.25) is 4.79 Å². The first-order chi connectivity index (χ1) is 14.2. The normalized spacial score (nSPS) is 27.1. The molecule has 2 aromatic rings. The number of hydrogen-bond acceptors (Lipinski definition) is 3. The Bertz CT molecular complexity index is 892. The van der Waals surface area contributed by atoms with Crippen molar-refractivity contribution in [3.05, 3.63) is 83.9 Å². The van der Waals surface area contributed by atoms with Gasteiger partial charge < -0.3 is 9.84 Å². The Morgan fingerprint density at radius 2 is 1.63 bits per heavy atom. The van der Waals surface area contributed by atoms with Gasteiger partial charge >= 0.3 is 5.97 Å². The lowest BCUT2D eigenvalue weighted by molar-refractivity contribution is -0.183. The molecule has 2 aliphatic rings. The Hall–Kier alpha value is -2.39. The van der Waals surface area contributed by atoms with Crippen molar-refractivity contribution in [3.63, 3.8) is 0 Å². The highest BCUT2D eigenvalue weighted by atomic mass is 16.5. The predicted molar refractivity (Wildman–Crippen MR) is 119 cm³/mol. The van der Waals surface area contributed by atoms with Crippen molar-refractivity contribution in [2.24, 2.45) is 16.7 Å². The smallest absolute Gasteiger partial charge is 0.310 e. The van der Waals surface area contributed by atoms with Gasteiger partial charge in [0.15, 0.2) is 0 Å². The van der Waals surface area contributed by atoms with Crippen molar-refractivity contribution in [1.29, 1.82) is 0 Å². The summed E-state index contributed by atoms with van der Waals surface area (Å²) in [5, 5.41) is 12.7. The van der Waals surface area contributed by atoms with Gasteiger partial charge in [-0.15, -0.1) is 0 Å². The summed E-state index contributed by atoms with van der Waals surface area (Å²) in [7, 11) is 0. The highest BCUT2D eigenvalue weighted by Crippen LogP contribution is 2.73. The van der Waals surface area contributed by atoms with Crippen LogP contribution in [0.5, 0.6) is 0 Å². The first kappa shape index (κ1) is 20.9. The van der Waals surface area contributed by atoms with E-state index in [0.717, 1.165) is 36.0 Å². The summed E-state index contributed by atoms with van der Waals surface area (Å²) in [6, 6.07) is 19.8. The summed E-state index contributed by atoms with van der Waals surface area (Å²) < 4.78 is 6.12. The summed E-state index contributed by atoms with van der Waals surface area (Å²) in [5.41, 5.74) is 0.427. The van der Waals surface area contributed by atoms with Gasteiger partial charge in [-0.1, -0.05) is 86.7 Å². The number of fused-ring (bicyclic) bond motifs is 2. The second kappa shape index (κ2) is 7.39. The molecule has 2 aliphatic carbocycles. The zero-order valence-corrected chi connectivity index (χ0v) is 18.2. The van der Waals surface area contributed by atoms with Crippen molar-refractivity contribution in [1.82, 2.24) is 0 Å². The quantitative estimate of drug-likeness (QED) is 0.502. The van der Waals surface area contributed by atoms with Crippen molar-refractivity contribution in [2.45, 2.75) is 58.2 Å². The van der Waals surface area contributed by atoms with Crippen LogP contribution in [-0.4, -0.2) is 17.2 Å². The van der Waals surface area contributed by atoms with Gasteiger partial charge in [0.25, 0.3) is 0 Å². The lowest BCUT2D eigenvalue weighted by Crippen LogP contribution is -2.57. The number of hydrogen-bond donors (Lipinski definition) is 1. The van der Waals surface area contributed by atoms with Crippen LogP contribution in [0.1, 0.15) is 57.6 Å². The fraction of sp³-hybridized carbons (Fsp3) is 0.444. The first-order valence-corrected chi connectivity index (χ1v) is 10.9. The molecule has 0 amide bonds. The van der Waals surface area contributed by atoms with Crippen LogP contribution in [0.15, 0.2) is 72.8 Å². The third-order valence-electron chi connectivity index (χ3n) is 7.85. The molecule has 3 nitrogen and oxygen atoms in total. The molecule has 4 rings (SSSR count). The van der Waals surface area contributed by atoms with Crippen LogP contribution >= 0.6 is 0 Å². The maximum Gasteiger partial charge on any atom is 0.310 e. The van der Waals surface area contributed by atoms with Gasteiger partial charge in [-0.25, -0.2) is 0 Å². The molecule has 3 atom stereocenters. The maximum absolute atomic E-state index is 12.7. The SMILES string of the molecule is C=C(C)CC(=O)O[C@@H]1C[C@H]2CC[C@]1(C(O)(c1ccccc1)c1ccccc1)C2(C)C. The number of carbonyl (C=O) groups is 1. The van der Waals surface area contributed by atoms with Gasteiger partial charge in [-0.05, 0) is 48.6 Å². The standard InChI is InChI=1S/C27H32O3/c1-19(2)17-24(28)30-23-18-22-15-16-26(23,25(22,3)4)27(29,20-11-7-5-8-12-20)21-13-9-6-10-14-21/h5-14,22-23,29H,1,15-18H2,2-4H3/t22-,23-,26-/m1/s1. The predicted octanol–water partition coefficient (Wildman–Crippen LogP) is 5.63. The van der Waals surface area contributed by atoms with Crippen LogP contribution in [0.4, 0.5) is 0 Å². The van der Waals surface area contributed by atoms with E-state index < -0.39 is 11.0 Å². The zero-order valence-electron chi connectivity index (χ0n) is 18.2. The molecule has 3 heteroatoms. The van der Waals surface area contributed by atoms with Gasteiger partial charge in [0.05, 0.1) is 6.42 Å². The van der Waals surface area contributed by atoms with Gasteiger partial charge in [-0.2, -0.15) is 0 Å². The molecule has 0 saturated heterocycles. The molecule has 2 bridgehead atoms. The summed E-state index contributed by atoms with van der Waals surface area (Å²) in [6.07, 6.45) is 2.51. The number of aliphatic hydroxyl groups is 1. The van der Waals surface area contributed by atoms with Crippen molar-refractivity contribution in [3.8, 4) is 0 Å². The topological polar surface area (TPSA) is 46.5 Å². The van der Waals surface area contributed by atoms with E-state index in [1.165, 1.54) is 0 Å². The van der Waals surface area contributed by atoms with Crippen LogP contribution in [0.3, 0.4) is 0 Å². The summed E-state index contributed by atoms with van der Waals surface area (Å²) >= 11 is 0. The molecule has 0 radical (unpaired) electrons. The minimum Gasteiger partial charge on any atom is -0.461 e. The summed E-state index contributed by atoms with van der Waals surface area (Å²) in [4.78, 5) is 12.7. The molecule has 0 heterocycles. The Morgan fingerprint density at radius 1 is 1.10 bits per heavy atom. The molecule has 2 aromatic carbocycles. The molecule has 158 valence electrons. The van der Waals surface area contributed by atoms with E-state index in [-0.39, 0.29) is 23.9 Å². The Labute approximate surface area is 179 Å². The van der Waals surface area contributed by atoms with E-state index >= 15 is 0 Å². The molecule has 2 fully saturated rings. The molecule has 1 N–H and O–H groups in total. The average Bonchev–Trinajstić information content (AvgIpc) is 3.11. The summed E-state index contributed by atoms with van der Waals surface area (Å²) in [6.45, 7) is 10.2. The number of rotatable bonds is 6. The lowest BCUT2D eigenvalue weighted by Gasteiger charge is -2.53. The Kier molecular flexibility index (Phi) is 5.14. The highest BCUT2D eigenvalue weighted by molar-refractivity contribution is 5.72. The van der Waals surface area contributed by atoms with E-state index in [2.05, 4.69) is 20.4 Å². The molecular formula is C27H32O3. The van der Waals surface area contributed by atoms with Gasteiger partial charge in [0, 0.05) is 5.41 Å². The monoisotopic (exact) mass is 404 g/mol. The fourth-order valence-corrected chi connectivity index (χ4v) is 6.41. The van der Waals surface area contributed by atoms with Crippen LogP contribution in [0.2, 0.25) is 0 Å². The average molecular weight is 405 g/mol. The van der Waals surface area contributed by atoms with E-state index in [4.69, 9.17) is 4.74 Å². The largest absolute Gasteiger partial charge is 0.461 e. The second-order valence-corrected chi connectivity index (χ2v) is 9.72. The highest BCUT2D eigenvalue weighted by Gasteiger charge is 2.74. The second-order valence-electron chi connectivity index (χ2n) is 9.72. The number of benzene rings is 2. The molecule has 0 aliphatic heterocycles. The zero-order chi connectivity index (χ0) is 21.6. The lowest BCUT2D eigenvalue weighted by atomic mass is 9.54. The van der Waals surface area contributed by atoms with E-state index in [9.17, 15) is 9.90 Å². The minimum atomic E-state index is -1.27. The summed E-state index contributed by atoms with van der Waals surface area (Å²) in [5.74, 6) is 0.151. The van der Waals surface area contributed by atoms with E-state index in [0.29, 0.717) is 5.92 Å². The minimum absolute atomic E-state index is 0.193. The van der Waals surface area contributed by atoms with Crippen molar-refractivity contribution < 1.29 is 14.6 Å². The first-order valence-electron chi connectivity index (χ1n) is 10.9. The van der Waals surface area contributed by atoms with Crippen LogP contribution in [0.25, 0.3) is 0 Å². The molecule has 0 aromatic heterocycles. The van der Waals surface area contributed by atoms with E-state index in [1.54, 1.807) is 0 Å².